The molecule has 1 aliphatic heterocycles. The van der Waals surface area contributed by atoms with Crippen molar-refractivity contribution in [2.24, 2.45) is 11.1 Å². The van der Waals surface area contributed by atoms with E-state index in [1.807, 2.05) is 54.6 Å². The van der Waals surface area contributed by atoms with E-state index in [0.717, 1.165) is 16.7 Å². The lowest BCUT2D eigenvalue weighted by Gasteiger charge is -2.35. The van der Waals surface area contributed by atoms with E-state index in [1.54, 1.807) is 20.8 Å². The van der Waals surface area contributed by atoms with Crippen LogP contribution in [0.25, 0.3) is 11.1 Å². The zero-order valence-electron chi connectivity index (χ0n) is 21.7. The maximum absolute atomic E-state index is 13.4. The Bertz CT molecular complexity index is 1130. The van der Waals surface area contributed by atoms with Crippen LogP contribution in [0.2, 0.25) is 0 Å². The number of nitrogens with two attached hydrogens (primary N) is 1. The van der Waals surface area contributed by atoms with Gasteiger partial charge >= 0.3 is 0 Å². The molecule has 2 aromatic rings. The highest BCUT2D eigenvalue weighted by molar-refractivity contribution is 5.94. The minimum absolute atomic E-state index is 0.0196. The van der Waals surface area contributed by atoms with E-state index in [9.17, 15) is 24.3 Å². The highest BCUT2D eigenvalue weighted by atomic mass is 16.3. The smallest absolute Gasteiger partial charge is 0.246 e. The van der Waals surface area contributed by atoms with E-state index in [1.165, 1.54) is 11.8 Å². The molecule has 37 heavy (non-hydrogen) atoms. The number of aliphatic hydroxyl groups is 1. The van der Waals surface area contributed by atoms with Crippen LogP contribution in [-0.2, 0) is 25.6 Å². The summed E-state index contributed by atoms with van der Waals surface area (Å²) in [5.41, 5.74) is 7.86. The number of nitrogens with one attached hydrogen (secondary N) is 2. The molecule has 1 fully saturated rings. The average Bonchev–Trinajstić information content (AvgIpc) is 3.23. The Morgan fingerprint density at radius 3 is 2.14 bits per heavy atom. The molecular weight excluding hydrogens is 472 g/mol. The van der Waals surface area contributed by atoms with Gasteiger partial charge in [-0.2, -0.15) is 0 Å². The molecule has 2 aromatic carbocycles. The van der Waals surface area contributed by atoms with Gasteiger partial charge < -0.3 is 26.4 Å². The molecule has 4 amide bonds. The van der Waals surface area contributed by atoms with Crippen molar-refractivity contribution in [2.75, 3.05) is 6.54 Å². The number of hydrogen-bond acceptors (Lipinski definition) is 5. The largest absolute Gasteiger partial charge is 0.391 e. The molecule has 0 saturated carbocycles. The van der Waals surface area contributed by atoms with Gasteiger partial charge in [0.1, 0.15) is 18.1 Å². The Hall–Kier alpha value is -3.72. The van der Waals surface area contributed by atoms with Crippen molar-refractivity contribution in [3.05, 3.63) is 60.2 Å². The molecule has 0 radical (unpaired) electrons. The number of primary amides is 1. The summed E-state index contributed by atoms with van der Waals surface area (Å²) >= 11 is 0. The summed E-state index contributed by atoms with van der Waals surface area (Å²) < 4.78 is 0. The van der Waals surface area contributed by atoms with Crippen molar-refractivity contribution in [1.82, 2.24) is 15.5 Å². The van der Waals surface area contributed by atoms with Gasteiger partial charge in [0, 0.05) is 26.3 Å². The number of β-amino-alcohol motifs (C(OH)–C–C–N with tert-alkyl or cyclic N) is 1. The van der Waals surface area contributed by atoms with E-state index in [2.05, 4.69) is 10.6 Å². The normalized spacial score (nSPS) is 19.1. The lowest BCUT2D eigenvalue weighted by molar-refractivity contribution is -0.144. The number of benzene rings is 2. The molecule has 1 aliphatic rings. The maximum Gasteiger partial charge on any atom is 0.246 e. The van der Waals surface area contributed by atoms with Crippen LogP contribution >= 0.6 is 0 Å². The summed E-state index contributed by atoms with van der Waals surface area (Å²) in [6.07, 6.45) is -0.711. The molecule has 0 aliphatic carbocycles. The Kier molecular flexibility index (Phi) is 8.70. The number of carbonyl (C=O) groups is 4. The fraction of sp³-hybridized carbons (Fsp3) is 0.429. The highest BCUT2D eigenvalue weighted by Gasteiger charge is 2.44. The monoisotopic (exact) mass is 508 g/mol. The van der Waals surface area contributed by atoms with Gasteiger partial charge in [-0.25, -0.2) is 0 Å². The predicted octanol–water partition coefficient (Wildman–Crippen LogP) is 1.38. The number of carbonyl (C=O) groups excluding carboxylic acids is 4. The molecule has 4 atom stereocenters. The van der Waals surface area contributed by atoms with Crippen LogP contribution in [0.1, 0.15) is 39.7 Å². The zero-order valence-corrected chi connectivity index (χ0v) is 21.7. The van der Waals surface area contributed by atoms with Gasteiger partial charge in [0.25, 0.3) is 0 Å². The molecule has 0 aromatic heterocycles. The van der Waals surface area contributed by atoms with Crippen LogP contribution in [0.3, 0.4) is 0 Å². The molecule has 1 heterocycles. The fourth-order valence-electron chi connectivity index (χ4n) is 4.51. The third-order valence-corrected chi connectivity index (χ3v) is 6.49. The van der Waals surface area contributed by atoms with Gasteiger partial charge in [-0.3, -0.25) is 19.2 Å². The Balaban J connectivity index is 1.73. The second kappa shape index (κ2) is 11.6. The molecular formula is C28H36N4O5. The van der Waals surface area contributed by atoms with Gasteiger partial charge in [0.15, 0.2) is 0 Å². The van der Waals surface area contributed by atoms with Crippen LogP contribution in [0.5, 0.6) is 0 Å². The van der Waals surface area contributed by atoms with E-state index in [0.29, 0.717) is 0 Å². The molecule has 0 unspecified atom stereocenters. The minimum atomic E-state index is -1.00. The van der Waals surface area contributed by atoms with Gasteiger partial charge in [0.2, 0.25) is 23.6 Å². The summed E-state index contributed by atoms with van der Waals surface area (Å²) in [7, 11) is 0. The fourth-order valence-corrected chi connectivity index (χ4v) is 4.51. The van der Waals surface area contributed by atoms with Crippen molar-refractivity contribution in [3.63, 3.8) is 0 Å². The molecule has 3 rings (SSSR count). The predicted molar refractivity (Wildman–Crippen MR) is 140 cm³/mol. The van der Waals surface area contributed by atoms with E-state index in [-0.39, 0.29) is 25.3 Å². The second-order valence-corrected chi connectivity index (χ2v) is 10.6. The summed E-state index contributed by atoms with van der Waals surface area (Å²) in [6.45, 7) is 6.68. The topological polar surface area (TPSA) is 142 Å². The highest BCUT2D eigenvalue weighted by Crippen LogP contribution is 2.26. The van der Waals surface area contributed by atoms with Crippen molar-refractivity contribution in [1.29, 1.82) is 0 Å². The van der Waals surface area contributed by atoms with Crippen molar-refractivity contribution in [3.8, 4) is 11.1 Å². The third-order valence-electron chi connectivity index (χ3n) is 6.49. The molecule has 0 bridgehead atoms. The van der Waals surface area contributed by atoms with Crippen LogP contribution in [0.4, 0.5) is 0 Å². The Morgan fingerprint density at radius 2 is 1.59 bits per heavy atom. The standard InChI is InChI=1S/C28H36N4O5/c1-17(33)30-24(28(2,3)4)27(37)32-16-21(34)15-23(32)26(36)31-22(25(29)35)14-18-10-12-20(13-11-18)19-8-6-5-7-9-19/h5-13,21-24,34H,14-16H2,1-4H3,(H2,29,35)(H,30,33)(H,31,36)/t21-,22-,23+,24-/m1/s1. The van der Waals surface area contributed by atoms with E-state index < -0.39 is 47.4 Å². The zero-order chi connectivity index (χ0) is 27.3. The van der Waals surface area contributed by atoms with Crippen molar-refractivity contribution in [2.45, 2.75) is 64.8 Å². The SMILES string of the molecule is CC(=O)N[C@H](C(=O)N1C[C@H](O)C[C@H]1C(=O)N[C@H](Cc1ccc(-c2ccccc2)cc1)C(N)=O)C(C)(C)C. The number of aliphatic hydroxyl groups excluding tert-OH is 1. The summed E-state index contributed by atoms with van der Waals surface area (Å²) in [4.78, 5) is 51.8. The first-order valence-electron chi connectivity index (χ1n) is 12.4. The number of amides is 4. The van der Waals surface area contributed by atoms with Gasteiger partial charge in [-0.05, 0) is 22.1 Å². The molecule has 1 saturated heterocycles. The Labute approximate surface area is 217 Å². The number of hydrogen-bond donors (Lipinski definition) is 4. The van der Waals surface area contributed by atoms with Gasteiger partial charge in [-0.15, -0.1) is 0 Å². The van der Waals surface area contributed by atoms with Gasteiger partial charge in [-0.1, -0.05) is 75.4 Å². The number of rotatable bonds is 8. The van der Waals surface area contributed by atoms with Crippen LogP contribution in [0, 0.1) is 5.41 Å². The first-order valence-corrected chi connectivity index (χ1v) is 12.4. The molecule has 9 nitrogen and oxygen atoms in total. The second-order valence-electron chi connectivity index (χ2n) is 10.6. The summed E-state index contributed by atoms with van der Waals surface area (Å²) in [5.74, 6) is -2.12. The summed E-state index contributed by atoms with van der Waals surface area (Å²) in [6, 6.07) is 14.6. The number of nitrogens with zero attached hydrogens (tertiary/aromatic N) is 1. The van der Waals surface area contributed by atoms with Crippen molar-refractivity contribution < 1.29 is 24.3 Å². The first kappa shape index (κ1) is 27.9. The number of likely N-dealkylation sites (tertiary alicyclic amines) is 1. The van der Waals surface area contributed by atoms with Gasteiger partial charge in [0.05, 0.1) is 6.10 Å². The van der Waals surface area contributed by atoms with E-state index in [4.69, 9.17) is 5.73 Å². The van der Waals surface area contributed by atoms with Crippen LogP contribution in [0.15, 0.2) is 54.6 Å². The lowest BCUT2D eigenvalue weighted by atomic mass is 9.85. The molecule has 5 N–H and O–H groups in total. The third kappa shape index (κ3) is 7.16. The first-order chi connectivity index (χ1) is 17.4. The van der Waals surface area contributed by atoms with Crippen LogP contribution < -0.4 is 16.4 Å². The average molecular weight is 509 g/mol. The Morgan fingerprint density at radius 1 is 1.00 bits per heavy atom. The lowest BCUT2D eigenvalue weighted by Crippen LogP contribution is -2.58. The summed E-state index contributed by atoms with van der Waals surface area (Å²) in [5, 5.41) is 15.6. The minimum Gasteiger partial charge on any atom is -0.391 e. The van der Waals surface area contributed by atoms with Crippen molar-refractivity contribution >= 4 is 23.6 Å². The van der Waals surface area contributed by atoms with E-state index >= 15 is 0 Å². The molecule has 9 heteroatoms. The van der Waals surface area contributed by atoms with Crippen LogP contribution in [-0.4, -0.2) is 64.4 Å². The maximum atomic E-state index is 13.4. The quantitative estimate of drug-likeness (QED) is 0.426. The molecule has 198 valence electrons. The molecule has 0 spiro atoms.